The third-order valence-electron chi connectivity index (χ3n) is 3.20. The monoisotopic (exact) mass is 477 g/mol. The van der Waals surface area contributed by atoms with E-state index in [9.17, 15) is 17.3 Å². The number of rotatable bonds is 3. The Balaban J connectivity index is 0.000000399. The molecule has 3 aromatic carbocycles. The summed E-state index contributed by atoms with van der Waals surface area (Å²) in [6.07, 6.45) is 0. The molecule has 25 heavy (non-hydrogen) atoms. The van der Waals surface area contributed by atoms with Crippen molar-refractivity contribution in [2.24, 2.45) is 0 Å². The van der Waals surface area contributed by atoms with Crippen molar-refractivity contribution in [3.63, 3.8) is 0 Å². The van der Waals surface area contributed by atoms with Crippen molar-refractivity contribution in [2.45, 2.75) is 14.7 Å². The minimum Gasteiger partial charge on any atom is -0.418 e. The molecule has 0 aliphatic heterocycles. The van der Waals surface area contributed by atoms with Crippen molar-refractivity contribution >= 4 is 35.7 Å². The average molecular weight is 477 g/mol. The summed E-state index contributed by atoms with van der Waals surface area (Å²) < 4.78 is 39.0. The van der Waals surface area contributed by atoms with E-state index in [0.717, 1.165) is 0 Å². The van der Waals surface area contributed by atoms with Crippen LogP contribution in [-0.4, -0.2) is 7.25 Å². The summed E-state index contributed by atoms with van der Waals surface area (Å²) in [4.78, 5) is 4.16. The van der Waals surface area contributed by atoms with Crippen molar-refractivity contribution < 1.29 is 17.3 Å². The molecular formula is C18H15BF4IS-. The van der Waals surface area contributed by atoms with Crippen LogP contribution in [0.2, 0.25) is 0 Å². The molecule has 0 spiro atoms. The minimum absolute atomic E-state index is 1.21. The lowest BCUT2D eigenvalue weighted by atomic mass is 10.3. The molecule has 0 amide bonds. The summed E-state index contributed by atoms with van der Waals surface area (Å²) in [5.41, 5.74) is 0. The van der Waals surface area contributed by atoms with Crippen LogP contribution < -0.4 is 0 Å². The second-order valence-corrected chi connectivity index (χ2v) is 11.4. The number of halogens is 5. The highest BCUT2D eigenvalue weighted by Gasteiger charge is 2.27. The Kier molecular flexibility index (Phi) is 6.95. The third kappa shape index (κ3) is 5.78. The van der Waals surface area contributed by atoms with E-state index >= 15 is 0 Å². The Labute approximate surface area is 158 Å². The topological polar surface area (TPSA) is 0 Å². The maximum atomic E-state index is 9.75. The Hall–Kier alpha value is -1.48. The Morgan fingerprint density at radius 1 is 0.520 bits per heavy atom. The summed E-state index contributed by atoms with van der Waals surface area (Å²) in [6.45, 7) is 0. The molecule has 0 aliphatic rings. The van der Waals surface area contributed by atoms with E-state index in [0.29, 0.717) is 0 Å². The van der Waals surface area contributed by atoms with Gasteiger partial charge in [-0.1, -0.05) is 54.6 Å². The molecule has 0 bridgehead atoms. The molecule has 0 atom stereocenters. The fourth-order valence-corrected chi connectivity index (χ4v) is 7.29. The summed E-state index contributed by atoms with van der Waals surface area (Å²) in [6, 6.07) is 32.4. The van der Waals surface area contributed by atoms with Gasteiger partial charge in [0, 0.05) is 14.7 Å². The van der Waals surface area contributed by atoms with Gasteiger partial charge in [-0.15, -0.1) is 7.20 Å². The zero-order valence-corrected chi connectivity index (χ0v) is 16.0. The first-order valence-electron chi connectivity index (χ1n) is 7.37. The first-order valence-corrected chi connectivity index (χ1v) is 11.5. The van der Waals surface area contributed by atoms with Gasteiger partial charge in [-0.2, -0.15) is 0 Å². The van der Waals surface area contributed by atoms with Crippen molar-refractivity contribution in [3.8, 4) is 0 Å². The van der Waals surface area contributed by atoms with Crippen LogP contribution in [0.4, 0.5) is 17.3 Å². The molecule has 0 N–H and O–H groups in total. The zero-order valence-electron chi connectivity index (χ0n) is 13.0. The standard InChI is InChI=1S/C18H15IS.BF4/c19-20(16-10-4-1-5-11-16,17-12-6-2-7-13-17)18-14-8-3-9-15-18;2-1(3,4)5/h1-15H;/q;-1. The summed E-state index contributed by atoms with van der Waals surface area (Å²) in [7, 11) is -7.21. The lowest BCUT2D eigenvalue weighted by molar-refractivity contribution is 0.368. The molecule has 0 unspecified atom stereocenters. The molecule has 0 fully saturated rings. The molecular weight excluding hydrogens is 462 g/mol. The maximum absolute atomic E-state index is 9.75. The second-order valence-electron chi connectivity index (χ2n) is 4.97. The summed E-state index contributed by atoms with van der Waals surface area (Å²) in [5, 5.41) is 0. The van der Waals surface area contributed by atoms with E-state index in [2.05, 4.69) is 112 Å². The molecule has 0 radical (unpaired) electrons. The van der Waals surface area contributed by atoms with E-state index in [-0.39, 0.29) is 0 Å². The van der Waals surface area contributed by atoms with Crippen molar-refractivity contribution in [3.05, 3.63) is 91.0 Å². The molecule has 7 heteroatoms. The van der Waals surface area contributed by atoms with Gasteiger partial charge >= 0.3 is 7.25 Å². The van der Waals surface area contributed by atoms with Gasteiger partial charge in [-0.25, -0.2) is 0 Å². The van der Waals surface area contributed by atoms with Crippen LogP contribution in [0, 0.1) is 0 Å². The molecule has 0 nitrogen and oxygen atoms in total. The van der Waals surface area contributed by atoms with Gasteiger partial charge in [0.1, 0.15) is 0 Å². The van der Waals surface area contributed by atoms with Crippen molar-refractivity contribution in [1.29, 1.82) is 0 Å². The van der Waals surface area contributed by atoms with E-state index in [4.69, 9.17) is 0 Å². The highest BCUT2D eigenvalue weighted by molar-refractivity contribution is 14.2. The van der Waals surface area contributed by atoms with E-state index in [1.807, 2.05) is 0 Å². The lowest BCUT2D eigenvalue weighted by Crippen LogP contribution is -2.02. The van der Waals surface area contributed by atoms with Crippen LogP contribution in [0.1, 0.15) is 0 Å². The number of hydrogen-bond donors (Lipinski definition) is 0. The zero-order chi connectivity index (χ0) is 18.3. The van der Waals surface area contributed by atoms with E-state index in [1.54, 1.807) is 0 Å². The quantitative estimate of drug-likeness (QED) is 0.207. The third-order valence-corrected chi connectivity index (χ3v) is 10.5. The predicted molar refractivity (Wildman–Crippen MR) is 106 cm³/mol. The first kappa shape index (κ1) is 19.8. The smallest absolute Gasteiger partial charge is 0.418 e. The summed E-state index contributed by atoms with van der Waals surface area (Å²) in [5.74, 6) is 0. The lowest BCUT2D eigenvalue weighted by Gasteiger charge is -2.35. The SMILES string of the molecule is F[B-](F)(F)F.IS(c1ccccc1)(c1ccccc1)c1ccccc1. The van der Waals surface area contributed by atoms with Crippen molar-refractivity contribution in [2.75, 3.05) is 0 Å². The minimum atomic E-state index is -6.00. The predicted octanol–water partition coefficient (Wildman–Crippen LogP) is 7.62. The molecule has 0 saturated heterocycles. The fourth-order valence-electron chi connectivity index (χ4n) is 2.23. The Morgan fingerprint density at radius 2 is 0.720 bits per heavy atom. The van der Waals surface area contributed by atoms with Crippen molar-refractivity contribution in [1.82, 2.24) is 0 Å². The van der Waals surface area contributed by atoms with Crippen LogP contribution >= 0.6 is 28.4 Å². The van der Waals surface area contributed by atoms with Gasteiger partial charge in [0.05, 0.1) is 0 Å². The molecule has 0 aromatic heterocycles. The van der Waals surface area contributed by atoms with Gasteiger partial charge in [-0.3, -0.25) is 0 Å². The normalized spacial score (nSPS) is 12.0. The Morgan fingerprint density at radius 3 is 0.920 bits per heavy atom. The van der Waals surface area contributed by atoms with Gasteiger partial charge in [-0.05, 0) is 57.6 Å². The number of benzene rings is 3. The molecule has 132 valence electrons. The van der Waals surface area contributed by atoms with Crippen LogP contribution in [0.25, 0.3) is 0 Å². The highest BCUT2D eigenvalue weighted by Crippen LogP contribution is 2.74. The Bertz CT molecular complexity index is 665. The second kappa shape index (κ2) is 8.76. The molecule has 0 aliphatic carbocycles. The molecule has 0 saturated carbocycles. The molecule has 0 heterocycles. The largest absolute Gasteiger partial charge is 0.673 e. The van der Waals surface area contributed by atoms with Crippen LogP contribution in [0.5, 0.6) is 0 Å². The molecule has 3 rings (SSSR count). The highest BCUT2D eigenvalue weighted by atomic mass is 127. The van der Waals surface area contributed by atoms with E-state index < -0.39 is 14.5 Å². The number of hydrogen-bond acceptors (Lipinski definition) is 0. The van der Waals surface area contributed by atoms with Crippen LogP contribution in [0.15, 0.2) is 106 Å². The van der Waals surface area contributed by atoms with Crippen LogP contribution in [0.3, 0.4) is 0 Å². The first-order chi connectivity index (χ1) is 11.8. The maximum Gasteiger partial charge on any atom is 0.673 e. The average Bonchev–Trinajstić information content (AvgIpc) is 2.62. The fraction of sp³-hybridized carbons (Fsp3) is 0. The van der Waals surface area contributed by atoms with Gasteiger partial charge in [0.15, 0.2) is 0 Å². The van der Waals surface area contributed by atoms with Gasteiger partial charge < -0.3 is 17.3 Å². The van der Waals surface area contributed by atoms with Crippen LogP contribution in [-0.2, 0) is 0 Å². The van der Waals surface area contributed by atoms with E-state index in [1.165, 1.54) is 14.7 Å². The molecule has 3 aromatic rings. The van der Waals surface area contributed by atoms with Gasteiger partial charge in [0.25, 0.3) is 0 Å². The van der Waals surface area contributed by atoms with Gasteiger partial charge in [0.2, 0.25) is 0 Å². The summed E-state index contributed by atoms with van der Waals surface area (Å²) >= 11 is 2.66.